The third-order valence-corrected chi connectivity index (χ3v) is 7.10. The summed E-state index contributed by atoms with van der Waals surface area (Å²) in [7, 11) is -0.787. The van der Waals surface area contributed by atoms with Gasteiger partial charge in [-0.1, -0.05) is 19.1 Å². The Morgan fingerprint density at radius 1 is 1.09 bits per heavy atom. The van der Waals surface area contributed by atoms with Crippen molar-refractivity contribution in [3.8, 4) is 0 Å². The van der Waals surface area contributed by atoms with Gasteiger partial charge < -0.3 is 14.5 Å². The largest absolute Gasteiger partial charge is 0.459 e. The van der Waals surface area contributed by atoms with Gasteiger partial charge in [-0.05, 0) is 49.2 Å². The summed E-state index contributed by atoms with van der Waals surface area (Å²) in [6, 6.07) is 11.2. The van der Waals surface area contributed by atoms with Gasteiger partial charge in [-0.25, -0.2) is 22.3 Å². The van der Waals surface area contributed by atoms with Crippen LogP contribution in [0, 0.1) is 0 Å². The van der Waals surface area contributed by atoms with E-state index in [1.165, 1.54) is 51.4 Å². The first kappa shape index (κ1) is 25.1. The second-order valence-corrected chi connectivity index (χ2v) is 10.0. The van der Waals surface area contributed by atoms with Gasteiger partial charge in [0.25, 0.3) is 5.91 Å². The lowest BCUT2D eigenvalue weighted by atomic mass is 10.1. The van der Waals surface area contributed by atoms with Gasteiger partial charge in [-0.3, -0.25) is 4.79 Å². The van der Waals surface area contributed by atoms with Crippen molar-refractivity contribution in [2.24, 2.45) is 0 Å². The van der Waals surface area contributed by atoms with E-state index in [9.17, 15) is 22.8 Å². The molecule has 0 aliphatic heterocycles. The highest BCUT2D eigenvalue weighted by atomic mass is 32.2. The number of fused-ring (bicyclic) bond motifs is 1. The number of carbonyl (C=O) groups excluding carboxylic acids is 2. The van der Waals surface area contributed by atoms with Gasteiger partial charge in [-0.2, -0.15) is 0 Å². The molecule has 3 aromatic rings. The number of esters is 1. The normalized spacial score (nSPS) is 12.5. The molecule has 0 aliphatic rings. The minimum atomic E-state index is -3.61. The van der Waals surface area contributed by atoms with E-state index in [-0.39, 0.29) is 17.1 Å². The fourth-order valence-corrected chi connectivity index (χ4v) is 4.12. The van der Waals surface area contributed by atoms with E-state index in [2.05, 4.69) is 5.32 Å². The zero-order valence-electron chi connectivity index (χ0n) is 19.3. The molecule has 1 amide bonds. The molecule has 1 N–H and O–H groups in total. The molecule has 1 aromatic heterocycles. The Morgan fingerprint density at radius 3 is 2.38 bits per heavy atom. The van der Waals surface area contributed by atoms with Gasteiger partial charge in [0.05, 0.1) is 4.90 Å². The number of nitrogens with zero attached hydrogens (tertiary/aromatic N) is 1. The van der Waals surface area contributed by atoms with Crippen LogP contribution in [-0.2, 0) is 32.6 Å². The van der Waals surface area contributed by atoms with E-state index < -0.39 is 33.6 Å². The van der Waals surface area contributed by atoms with Crippen LogP contribution in [0.3, 0.4) is 0 Å². The minimum absolute atomic E-state index is 0.0483. The molecule has 0 aliphatic carbocycles. The summed E-state index contributed by atoms with van der Waals surface area (Å²) < 4.78 is 35.9. The molecule has 0 saturated carbocycles. The predicted molar refractivity (Wildman–Crippen MR) is 126 cm³/mol. The minimum Gasteiger partial charge on any atom is -0.459 e. The number of amides is 1. The van der Waals surface area contributed by atoms with Crippen molar-refractivity contribution in [1.29, 1.82) is 0 Å². The molecule has 1 atom stereocenters. The quantitative estimate of drug-likeness (QED) is 0.383. The third-order valence-electron chi connectivity index (χ3n) is 5.27. The van der Waals surface area contributed by atoms with Crippen LogP contribution >= 0.6 is 0 Å². The molecule has 34 heavy (non-hydrogen) atoms. The average molecular weight is 487 g/mol. The lowest BCUT2D eigenvalue weighted by Gasteiger charge is -2.15. The van der Waals surface area contributed by atoms with Crippen molar-refractivity contribution in [3.05, 3.63) is 75.6 Å². The number of benzene rings is 2. The fraction of sp³-hybridized carbons (Fsp3) is 0.292. The van der Waals surface area contributed by atoms with Crippen molar-refractivity contribution in [1.82, 2.24) is 9.62 Å². The van der Waals surface area contributed by atoms with Crippen LogP contribution in [0.1, 0.15) is 35.3 Å². The van der Waals surface area contributed by atoms with Crippen molar-refractivity contribution < 1.29 is 27.2 Å². The first-order valence-corrected chi connectivity index (χ1v) is 12.0. The van der Waals surface area contributed by atoms with E-state index in [0.717, 1.165) is 16.3 Å². The lowest BCUT2D eigenvalue weighted by Crippen LogP contribution is -2.39. The maximum Gasteiger partial charge on any atom is 0.336 e. The molecule has 0 saturated heterocycles. The van der Waals surface area contributed by atoms with Gasteiger partial charge in [0.15, 0.2) is 0 Å². The summed E-state index contributed by atoms with van der Waals surface area (Å²) in [5.41, 5.74) is 1.56. The molecule has 180 valence electrons. The van der Waals surface area contributed by atoms with Crippen molar-refractivity contribution >= 4 is 32.9 Å². The fourth-order valence-electron chi connectivity index (χ4n) is 3.22. The first-order valence-electron chi connectivity index (χ1n) is 10.6. The van der Waals surface area contributed by atoms with Crippen LogP contribution in [0.2, 0.25) is 0 Å². The summed E-state index contributed by atoms with van der Waals surface area (Å²) in [4.78, 5) is 36.9. The molecule has 0 spiro atoms. The van der Waals surface area contributed by atoms with Crippen molar-refractivity contribution in [3.63, 3.8) is 0 Å². The maximum atomic E-state index is 12.5. The zero-order valence-corrected chi connectivity index (χ0v) is 20.1. The standard InChI is InChI=1S/C24H26N2O7S/c1-5-16-6-11-20-18(13-22(27)33-21(20)12-16)14-32-24(29)15(2)25-23(28)17-7-9-19(10-8-17)34(30,31)26(3)4/h6-13,15H,5,14H2,1-4H3,(H,25,28). The molecule has 1 heterocycles. The Hall–Kier alpha value is -3.50. The highest BCUT2D eigenvalue weighted by Gasteiger charge is 2.21. The molecule has 2 aromatic carbocycles. The lowest BCUT2D eigenvalue weighted by molar-refractivity contribution is -0.146. The smallest absolute Gasteiger partial charge is 0.336 e. The second-order valence-electron chi connectivity index (χ2n) is 7.89. The molecule has 0 bridgehead atoms. The van der Waals surface area contributed by atoms with Crippen LogP contribution < -0.4 is 10.9 Å². The summed E-state index contributed by atoms with van der Waals surface area (Å²) in [5, 5.41) is 3.18. The zero-order chi connectivity index (χ0) is 25.0. The van der Waals surface area contributed by atoms with Gasteiger partial charge in [0, 0.05) is 36.7 Å². The summed E-state index contributed by atoms with van der Waals surface area (Å²) in [6.45, 7) is 3.29. The maximum absolute atomic E-state index is 12.5. The number of rotatable bonds is 8. The molecular weight excluding hydrogens is 460 g/mol. The molecule has 10 heteroatoms. The SMILES string of the molecule is CCc1ccc2c(COC(=O)C(C)NC(=O)c3ccc(S(=O)(=O)N(C)C)cc3)cc(=O)oc2c1. The van der Waals surface area contributed by atoms with E-state index in [1.54, 1.807) is 6.07 Å². The Bertz CT molecular complexity index is 1380. The number of nitrogens with one attached hydrogen (secondary N) is 1. The van der Waals surface area contributed by atoms with Crippen LogP contribution in [0.15, 0.2) is 62.6 Å². The highest BCUT2D eigenvalue weighted by molar-refractivity contribution is 7.89. The number of carbonyl (C=O) groups is 2. The van der Waals surface area contributed by atoms with Crippen LogP contribution in [-0.4, -0.2) is 44.7 Å². The van der Waals surface area contributed by atoms with E-state index >= 15 is 0 Å². The van der Waals surface area contributed by atoms with Crippen LogP contribution in [0.25, 0.3) is 11.0 Å². The molecular formula is C24H26N2O7S. The molecule has 0 fully saturated rings. The van der Waals surface area contributed by atoms with Gasteiger partial charge in [-0.15, -0.1) is 0 Å². The van der Waals surface area contributed by atoms with Crippen molar-refractivity contribution in [2.75, 3.05) is 14.1 Å². The Balaban J connectivity index is 1.65. The summed E-state index contributed by atoms with van der Waals surface area (Å²) in [5.74, 6) is -1.25. The van der Waals surface area contributed by atoms with Gasteiger partial charge >= 0.3 is 11.6 Å². The van der Waals surface area contributed by atoms with E-state index in [4.69, 9.17) is 9.15 Å². The Morgan fingerprint density at radius 2 is 1.76 bits per heavy atom. The number of aryl methyl sites for hydroxylation is 1. The Labute approximate surface area is 197 Å². The highest BCUT2D eigenvalue weighted by Crippen LogP contribution is 2.20. The predicted octanol–water partition coefficient (Wildman–Crippen LogP) is 2.47. The van der Waals surface area contributed by atoms with Gasteiger partial charge in [0.1, 0.15) is 18.2 Å². The Kier molecular flexibility index (Phi) is 7.53. The number of hydrogen-bond acceptors (Lipinski definition) is 7. The molecule has 9 nitrogen and oxygen atoms in total. The van der Waals surface area contributed by atoms with Crippen LogP contribution in [0.4, 0.5) is 0 Å². The monoisotopic (exact) mass is 486 g/mol. The number of hydrogen-bond donors (Lipinski definition) is 1. The second kappa shape index (κ2) is 10.2. The molecule has 3 rings (SSSR count). The topological polar surface area (TPSA) is 123 Å². The molecule has 1 unspecified atom stereocenters. The van der Waals surface area contributed by atoms with E-state index in [0.29, 0.717) is 16.5 Å². The van der Waals surface area contributed by atoms with Gasteiger partial charge in [0.2, 0.25) is 10.0 Å². The molecule has 0 radical (unpaired) electrons. The number of ether oxygens (including phenoxy) is 1. The summed E-state index contributed by atoms with van der Waals surface area (Å²) >= 11 is 0. The van der Waals surface area contributed by atoms with Crippen LogP contribution in [0.5, 0.6) is 0 Å². The summed E-state index contributed by atoms with van der Waals surface area (Å²) in [6.07, 6.45) is 0.782. The number of sulfonamides is 1. The third kappa shape index (κ3) is 5.52. The average Bonchev–Trinajstić information content (AvgIpc) is 2.81. The van der Waals surface area contributed by atoms with E-state index in [1.807, 2.05) is 19.1 Å². The van der Waals surface area contributed by atoms with Crippen molar-refractivity contribution in [2.45, 2.75) is 37.8 Å². The first-order chi connectivity index (χ1) is 16.0.